The van der Waals surface area contributed by atoms with E-state index in [2.05, 4.69) is 16.7 Å². The highest BCUT2D eigenvalue weighted by Gasteiger charge is 2.11. The number of esters is 1. The number of ether oxygens (including phenoxy) is 1. The summed E-state index contributed by atoms with van der Waals surface area (Å²) in [6.07, 6.45) is 0. The van der Waals surface area contributed by atoms with E-state index in [0.717, 1.165) is 17.1 Å². The van der Waals surface area contributed by atoms with Crippen molar-refractivity contribution in [2.24, 2.45) is 0 Å². The topological polar surface area (TPSA) is 31.2 Å². The Bertz CT molecular complexity index is 879. The normalized spacial score (nSPS) is 10.7. The predicted octanol–water partition coefficient (Wildman–Crippen LogP) is 5.62. The van der Waals surface area contributed by atoms with E-state index in [1.165, 1.54) is 6.07 Å². The number of halogens is 2. The molecule has 0 aliphatic rings. The van der Waals surface area contributed by atoms with Gasteiger partial charge in [-0.1, -0.05) is 23.2 Å². The van der Waals surface area contributed by atoms with E-state index in [9.17, 15) is 4.79 Å². The van der Waals surface area contributed by atoms with Crippen LogP contribution < -0.4 is 4.74 Å². The minimum Gasteiger partial charge on any atom is -0.423 e. The minimum atomic E-state index is -0.477. The molecule has 1 heterocycles. The molecule has 122 valence electrons. The zero-order valence-electron chi connectivity index (χ0n) is 13.2. The van der Waals surface area contributed by atoms with E-state index in [-0.39, 0.29) is 0 Å². The molecule has 3 nitrogen and oxygen atoms in total. The number of benzene rings is 2. The minimum absolute atomic E-state index is 0.319. The summed E-state index contributed by atoms with van der Waals surface area (Å²) in [6, 6.07) is 16.1. The number of rotatable bonds is 3. The van der Waals surface area contributed by atoms with Crippen molar-refractivity contribution in [1.82, 2.24) is 4.57 Å². The molecule has 0 atom stereocenters. The van der Waals surface area contributed by atoms with Crippen LogP contribution in [0.25, 0.3) is 5.69 Å². The van der Waals surface area contributed by atoms with Crippen LogP contribution in [0.4, 0.5) is 0 Å². The van der Waals surface area contributed by atoms with Gasteiger partial charge in [0.25, 0.3) is 0 Å². The van der Waals surface area contributed by atoms with Crippen LogP contribution >= 0.6 is 23.2 Å². The smallest absolute Gasteiger partial charge is 0.343 e. The first kappa shape index (κ1) is 16.6. The average Bonchev–Trinajstić information content (AvgIpc) is 2.90. The maximum atomic E-state index is 12.2. The Balaban J connectivity index is 1.79. The highest BCUT2D eigenvalue weighted by atomic mass is 35.5. The molecule has 5 heteroatoms. The number of aromatic nitrogens is 1. The molecule has 0 aliphatic heterocycles. The Morgan fingerprint density at radius 2 is 1.50 bits per heavy atom. The molecule has 0 fully saturated rings. The lowest BCUT2D eigenvalue weighted by molar-refractivity contribution is 0.0735. The molecule has 0 saturated carbocycles. The lowest BCUT2D eigenvalue weighted by atomic mass is 10.2. The Morgan fingerprint density at radius 1 is 0.875 bits per heavy atom. The Kier molecular flexibility index (Phi) is 4.65. The number of carbonyl (C=O) groups is 1. The van der Waals surface area contributed by atoms with Crippen LogP contribution in [-0.4, -0.2) is 10.5 Å². The van der Waals surface area contributed by atoms with Crippen molar-refractivity contribution in [2.75, 3.05) is 0 Å². The molecule has 3 aromatic rings. The van der Waals surface area contributed by atoms with Crippen LogP contribution in [0.15, 0.2) is 54.6 Å². The van der Waals surface area contributed by atoms with Gasteiger partial charge in [-0.2, -0.15) is 0 Å². The van der Waals surface area contributed by atoms with Gasteiger partial charge in [0, 0.05) is 17.1 Å². The summed E-state index contributed by atoms with van der Waals surface area (Å²) in [5.74, 6) is -0.00748. The molecule has 0 spiro atoms. The van der Waals surface area contributed by atoms with Crippen LogP contribution in [-0.2, 0) is 0 Å². The second-order valence-corrected chi connectivity index (χ2v) is 6.28. The van der Waals surface area contributed by atoms with Crippen LogP contribution in [0.1, 0.15) is 21.7 Å². The summed E-state index contributed by atoms with van der Waals surface area (Å²) >= 11 is 11.8. The van der Waals surface area contributed by atoms with Gasteiger partial charge in [-0.05, 0) is 68.4 Å². The summed E-state index contributed by atoms with van der Waals surface area (Å²) in [6.45, 7) is 4.09. The fourth-order valence-electron chi connectivity index (χ4n) is 2.53. The van der Waals surface area contributed by atoms with Crippen molar-refractivity contribution >= 4 is 29.2 Å². The van der Waals surface area contributed by atoms with E-state index in [4.69, 9.17) is 27.9 Å². The van der Waals surface area contributed by atoms with Crippen molar-refractivity contribution in [3.8, 4) is 11.4 Å². The van der Waals surface area contributed by atoms with E-state index in [0.29, 0.717) is 21.4 Å². The van der Waals surface area contributed by atoms with Crippen molar-refractivity contribution in [3.05, 3.63) is 81.6 Å². The Labute approximate surface area is 150 Å². The first-order valence-electron chi connectivity index (χ1n) is 7.38. The van der Waals surface area contributed by atoms with Gasteiger partial charge in [-0.15, -0.1) is 0 Å². The maximum absolute atomic E-state index is 12.2. The van der Waals surface area contributed by atoms with Gasteiger partial charge in [0.2, 0.25) is 0 Å². The largest absolute Gasteiger partial charge is 0.423 e. The molecule has 1 aromatic heterocycles. The lowest BCUT2D eigenvalue weighted by Crippen LogP contribution is -2.08. The SMILES string of the molecule is Cc1ccc(C)n1-c1ccc(OC(=O)c2ccc(Cl)c(Cl)c2)cc1. The molecule has 0 saturated heterocycles. The second kappa shape index (κ2) is 6.71. The highest BCUT2D eigenvalue weighted by Crippen LogP contribution is 2.24. The summed E-state index contributed by atoms with van der Waals surface area (Å²) in [7, 11) is 0. The summed E-state index contributed by atoms with van der Waals surface area (Å²) in [5.41, 5.74) is 3.66. The fraction of sp³-hybridized carbons (Fsp3) is 0.105. The van der Waals surface area contributed by atoms with Crippen LogP contribution in [0.2, 0.25) is 10.0 Å². The lowest BCUT2D eigenvalue weighted by Gasteiger charge is -2.10. The molecule has 0 aliphatic carbocycles. The van der Waals surface area contributed by atoms with Gasteiger partial charge in [0.15, 0.2) is 0 Å². The molecular weight excluding hydrogens is 345 g/mol. The summed E-state index contributed by atoms with van der Waals surface area (Å²) in [5, 5.41) is 0.718. The molecule has 0 unspecified atom stereocenters. The molecule has 0 amide bonds. The fourth-order valence-corrected chi connectivity index (χ4v) is 2.83. The van der Waals surface area contributed by atoms with Gasteiger partial charge in [0.05, 0.1) is 15.6 Å². The number of hydrogen-bond acceptors (Lipinski definition) is 2. The maximum Gasteiger partial charge on any atom is 0.343 e. The first-order valence-corrected chi connectivity index (χ1v) is 8.14. The Morgan fingerprint density at radius 3 is 2.08 bits per heavy atom. The number of carbonyl (C=O) groups excluding carboxylic acids is 1. The third kappa shape index (κ3) is 3.32. The molecule has 0 N–H and O–H groups in total. The van der Waals surface area contributed by atoms with E-state index in [1.807, 2.05) is 26.0 Å². The molecule has 0 radical (unpaired) electrons. The number of nitrogens with zero attached hydrogens (tertiary/aromatic N) is 1. The van der Waals surface area contributed by atoms with Crippen molar-refractivity contribution < 1.29 is 9.53 Å². The molecule has 3 rings (SSSR count). The first-order chi connectivity index (χ1) is 11.5. The number of aryl methyl sites for hydroxylation is 2. The van der Waals surface area contributed by atoms with Gasteiger partial charge in [-0.3, -0.25) is 0 Å². The monoisotopic (exact) mass is 359 g/mol. The standard InChI is InChI=1S/C19H15Cl2NO2/c1-12-3-4-13(2)22(12)15-6-8-16(9-7-15)24-19(23)14-5-10-17(20)18(21)11-14/h3-11H,1-2H3. The van der Waals surface area contributed by atoms with Gasteiger partial charge in [-0.25, -0.2) is 4.79 Å². The predicted molar refractivity (Wildman–Crippen MR) is 96.7 cm³/mol. The van der Waals surface area contributed by atoms with Gasteiger partial charge < -0.3 is 9.30 Å². The van der Waals surface area contributed by atoms with E-state index in [1.54, 1.807) is 24.3 Å². The Hall–Kier alpha value is -2.23. The zero-order valence-corrected chi connectivity index (χ0v) is 14.7. The molecule has 2 aromatic carbocycles. The molecular formula is C19H15Cl2NO2. The third-order valence-electron chi connectivity index (χ3n) is 3.73. The van der Waals surface area contributed by atoms with E-state index < -0.39 is 5.97 Å². The zero-order chi connectivity index (χ0) is 17.3. The van der Waals surface area contributed by atoms with Crippen LogP contribution in [0.3, 0.4) is 0 Å². The van der Waals surface area contributed by atoms with Crippen LogP contribution in [0, 0.1) is 13.8 Å². The van der Waals surface area contributed by atoms with Crippen molar-refractivity contribution in [2.45, 2.75) is 13.8 Å². The van der Waals surface area contributed by atoms with Gasteiger partial charge >= 0.3 is 5.97 Å². The highest BCUT2D eigenvalue weighted by molar-refractivity contribution is 6.42. The van der Waals surface area contributed by atoms with E-state index >= 15 is 0 Å². The van der Waals surface area contributed by atoms with Crippen molar-refractivity contribution in [1.29, 1.82) is 0 Å². The van der Waals surface area contributed by atoms with Gasteiger partial charge in [0.1, 0.15) is 5.75 Å². The summed E-state index contributed by atoms with van der Waals surface area (Å²) < 4.78 is 7.51. The summed E-state index contributed by atoms with van der Waals surface area (Å²) in [4.78, 5) is 12.2. The van der Waals surface area contributed by atoms with Crippen molar-refractivity contribution in [3.63, 3.8) is 0 Å². The second-order valence-electron chi connectivity index (χ2n) is 5.46. The quantitative estimate of drug-likeness (QED) is 0.448. The molecule has 0 bridgehead atoms. The third-order valence-corrected chi connectivity index (χ3v) is 4.47. The average molecular weight is 360 g/mol. The van der Waals surface area contributed by atoms with Crippen LogP contribution in [0.5, 0.6) is 5.75 Å². The number of hydrogen-bond donors (Lipinski definition) is 0. The molecule has 24 heavy (non-hydrogen) atoms.